The van der Waals surface area contributed by atoms with Gasteiger partial charge in [-0.2, -0.15) is 5.26 Å². The molecular formula is C12H6Br2Cl2N2O. The van der Waals surface area contributed by atoms with Gasteiger partial charge in [-0.05, 0) is 44.0 Å². The SMILES string of the molecule is COc1c(Br)cc(-c2[nH]c(Cl)c(Cl)c2C#N)cc1Br. The van der Waals surface area contributed by atoms with E-state index in [0.717, 1.165) is 14.5 Å². The maximum atomic E-state index is 9.15. The molecule has 0 unspecified atom stereocenters. The van der Waals surface area contributed by atoms with Gasteiger partial charge in [-0.25, -0.2) is 0 Å². The van der Waals surface area contributed by atoms with Crippen molar-refractivity contribution in [3.05, 3.63) is 36.8 Å². The number of rotatable bonds is 2. The fraction of sp³-hybridized carbons (Fsp3) is 0.0833. The van der Waals surface area contributed by atoms with E-state index in [-0.39, 0.29) is 10.2 Å². The Morgan fingerprint density at radius 1 is 1.26 bits per heavy atom. The van der Waals surface area contributed by atoms with Gasteiger partial charge in [0.05, 0.1) is 32.3 Å². The van der Waals surface area contributed by atoms with Gasteiger partial charge in [0.25, 0.3) is 0 Å². The van der Waals surface area contributed by atoms with Crippen LogP contribution < -0.4 is 4.74 Å². The zero-order chi connectivity index (χ0) is 14.2. The third-order valence-corrected chi connectivity index (χ3v) is 4.44. The Hall–Kier alpha value is -0.670. The van der Waals surface area contributed by atoms with E-state index in [1.165, 1.54) is 0 Å². The summed E-state index contributed by atoms with van der Waals surface area (Å²) in [5.74, 6) is 0.672. The average Bonchev–Trinajstić information content (AvgIpc) is 2.65. The van der Waals surface area contributed by atoms with Crippen molar-refractivity contribution in [2.45, 2.75) is 0 Å². The van der Waals surface area contributed by atoms with Crippen molar-refractivity contribution < 1.29 is 4.74 Å². The molecule has 0 fully saturated rings. The van der Waals surface area contributed by atoms with E-state index in [9.17, 15) is 0 Å². The molecule has 1 aromatic heterocycles. The monoisotopic (exact) mass is 422 g/mol. The molecule has 0 spiro atoms. The number of nitrogens with one attached hydrogen (secondary N) is 1. The minimum atomic E-state index is 0.224. The summed E-state index contributed by atoms with van der Waals surface area (Å²) in [7, 11) is 1.58. The minimum Gasteiger partial charge on any atom is -0.494 e. The van der Waals surface area contributed by atoms with Crippen molar-refractivity contribution in [2.24, 2.45) is 0 Å². The highest BCUT2D eigenvalue weighted by Gasteiger charge is 2.18. The number of ether oxygens (including phenoxy) is 1. The van der Waals surface area contributed by atoms with Gasteiger partial charge >= 0.3 is 0 Å². The van der Waals surface area contributed by atoms with Crippen LogP contribution in [0.25, 0.3) is 11.3 Å². The lowest BCUT2D eigenvalue weighted by atomic mass is 10.1. The smallest absolute Gasteiger partial charge is 0.147 e. The van der Waals surface area contributed by atoms with E-state index in [0.29, 0.717) is 17.0 Å². The second kappa shape index (κ2) is 5.76. The van der Waals surface area contributed by atoms with E-state index in [1.807, 2.05) is 18.2 Å². The molecule has 0 atom stereocenters. The number of aromatic amines is 1. The molecule has 1 N–H and O–H groups in total. The molecule has 0 bridgehead atoms. The van der Waals surface area contributed by atoms with Crippen LogP contribution in [0.4, 0.5) is 0 Å². The molecule has 1 heterocycles. The molecule has 3 nitrogen and oxygen atoms in total. The fourth-order valence-electron chi connectivity index (χ4n) is 1.67. The van der Waals surface area contributed by atoms with Crippen LogP contribution in [0.1, 0.15) is 5.56 Å². The second-order valence-corrected chi connectivity index (χ2v) is 6.05. The third kappa shape index (κ3) is 2.63. The Balaban J connectivity index is 2.67. The van der Waals surface area contributed by atoms with Gasteiger partial charge in [0.2, 0.25) is 0 Å². The van der Waals surface area contributed by atoms with E-state index >= 15 is 0 Å². The number of nitrogens with zero attached hydrogens (tertiary/aromatic N) is 1. The fourth-order valence-corrected chi connectivity index (χ4v) is 3.55. The zero-order valence-corrected chi connectivity index (χ0v) is 14.2. The molecule has 98 valence electrons. The molecule has 0 aliphatic rings. The molecule has 0 amide bonds. The zero-order valence-electron chi connectivity index (χ0n) is 9.52. The van der Waals surface area contributed by atoms with Crippen LogP contribution in [-0.2, 0) is 0 Å². The van der Waals surface area contributed by atoms with Crippen LogP contribution in [-0.4, -0.2) is 12.1 Å². The largest absolute Gasteiger partial charge is 0.494 e. The lowest BCUT2D eigenvalue weighted by Crippen LogP contribution is -1.89. The first-order chi connectivity index (χ1) is 8.99. The maximum Gasteiger partial charge on any atom is 0.147 e. The molecule has 2 aromatic rings. The van der Waals surface area contributed by atoms with E-state index in [1.54, 1.807) is 7.11 Å². The molecule has 7 heteroatoms. The molecule has 0 radical (unpaired) electrons. The molecule has 0 saturated heterocycles. The standard InChI is InChI=1S/C12H6Br2Cl2N2O/c1-19-11-7(13)2-5(3-8(11)14)10-6(4-17)9(15)12(16)18-10/h2-3,18H,1H3. The van der Waals surface area contributed by atoms with Gasteiger partial charge in [-0.3, -0.25) is 0 Å². The quantitative estimate of drug-likeness (QED) is 0.702. The predicted molar refractivity (Wildman–Crippen MR) is 82.9 cm³/mol. The summed E-state index contributed by atoms with van der Waals surface area (Å²) in [4.78, 5) is 2.90. The maximum absolute atomic E-state index is 9.15. The van der Waals surface area contributed by atoms with E-state index in [4.69, 9.17) is 33.2 Å². The highest BCUT2D eigenvalue weighted by Crippen LogP contribution is 2.40. The van der Waals surface area contributed by atoms with Gasteiger partial charge in [0, 0.05) is 5.56 Å². The first-order valence-corrected chi connectivity index (χ1v) is 7.34. The van der Waals surface area contributed by atoms with Gasteiger partial charge in [-0.15, -0.1) is 0 Å². The van der Waals surface area contributed by atoms with Gasteiger partial charge in [-0.1, -0.05) is 23.2 Å². The van der Waals surface area contributed by atoms with Crippen LogP contribution in [0.3, 0.4) is 0 Å². The van der Waals surface area contributed by atoms with Gasteiger partial charge in [0.15, 0.2) is 0 Å². The molecule has 19 heavy (non-hydrogen) atoms. The van der Waals surface area contributed by atoms with Crippen molar-refractivity contribution in [3.63, 3.8) is 0 Å². The Kier molecular flexibility index (Phi) is 4.46. The second-order valence-electron chi connectivity index (χ2n) is 3.59. The molecule has 0 saturated carbocycles. The summed E-state index contributed by atoms with van der Waals surface area (Å²) in [5, 5.41) is 9.62. The van der Waals surface area contributed by atoms with Gasteiger partial charge in [0.1, 0.15) is 17.0 Å². The topological polar surface area (TPSA) is 48.8 Å². The number of hydrogen-bond acceptors (Lipinski definition) is 2. The van der Waals surface area contributed by atoms with Crippen LogP contribution in [0, 0.1) is 11.3 Å². The van der Waals surface area contributed by atoms with Crippen LogP contribution in [0.2, 0.25) is 10.2 Å². The summed E-state index contributed by atoms with van der Waals surface area (Å²) in [6, 6.07) is 5.69. The summed E-state index contributed by atoms with van der Waals surface area (Å²) >= 11 is 18.7. The molecule has 0 aliphatic carbocycles. The molecule has 0 aliphatic heterocycles. The summed E-state index contributed by atoms with van der Waals surface area (Å²) in [6.45, 7) is 0. The number of aromatic nitrogens is 1. The first-order valence-electron chi connectivity index (χ1n) is 5.00. The van der Waals surface area contributed by atoms with Crippen LogP contribution >= 0.6 is 55.1 Å². The first kappa shape index (κ1) is 14.7. The van der Waals surface area contributed by atoms with Crippen molar-refractivity contribution >= 4 is 55.1 Å². The third-order valence-electron chi connectivity index (χ3n) is 2.50. The average molecular weight is 425 g/mol. The Labute approximate surface area is 136 Å². The number of benzene rings is 1. The van der Waals surface area contributed by atoms with Crippen molar-refractivity contribution in [1.29, 1.82) is 5.26 Å². The molecule has 1 aromatic carbocycles. The lowest BCUT2D eigenvalue weighted by Gasteiger charge is -2.08. The Morgan fingerprint density at radius 3 is 2.32 bits per heavy atom. The van der Waals surface area contributed by atoms with Crippen molar-refractivity contribution in [1.82, 2.24) is 4.98 Å². The Bertz CT molecular complexity index is 669. The summed E-state index contributed by atoms with van der Waals surface area (Å²) in [5.41, 5.74) is 1.65. The molecule has 2 rings (SSSR count). The number of nitriles is 1. The van der Waals surface area contributed by atoms with Crippen LogP contribution in [0.5, 0.6) is 5.75 Å². The number of H-pyrrole nitrogens is 1. The highest BCUT2D eigenvalue weighted by molar-refractivity contribution is 9.11. The van der Waals surface area contributed by atoms with Crippen LogP contribution in [0.15, 0.2) is 21.1 Å². The summed E-state index contributed by atoms with van der Waals surface area (Å²) < 4.78 is 6.74. The van der Waals surface area contributed by atoms with Crippen molar-refractivity contribution in [2.75, 3.05) is 7.11 Å². The lowest BCUT2D eigenvalue weighted by molar-refractivity contribution is 0.409. The summed E-state index contributed by atoms with van der Waals surface area (Å²) in [6.07, 6.45) is 0. The number of hydrogen-bond donors (Lipinski definition) is 1. The van der Waals surface area contributed by atoms with Gasteiger partial charge < -0.3 is 9.72 Å². The number of methoxy groups -OCH3 is 1. The van der Waals surface area contributed by atoms with E-state index in [2.05, 4.69) is 36.8 Å². The van der Waals surface area contributed by atoms with E-state index < -0.39 is 0 Å². The predicted octanol–water partition coefficient (Wildman–Crippen LogP) is 5.39. The minimum absolute atomic E-state index is 0.224. The highest BCUT2D eigenvalue weighted by atomic mass is 79.9. The normalized spacial score (nSPS) is 10.3. The number of halogens is 4. The molecular weight excluding hydrogens is 419 g/mol. The Morgan fingerprint density at radius 2 is 1.84 bits per heavy atom. The van der Waals surface area contributed by atoms with Crippen molar-refractivity contribution in [3.8, 4) is 23.1 Å².